The van der Waals surface area contributed by atoms with Gasteiger partial charge in [-0.25, -0.2) is 0 Å². The second-order valence-corrected chi connectivity index (χ2v) is 10.5. The van der Waals surface area contributed by atoms with Crippen LogP contribution in [0.5, 0.6) is 0 Å². The van der Waals surface area contributed by atoms with Crippen molar-refractivity contribution in [1.29, 1.82) is 0 Å². The van der Waals surface area contributed by atoms with Crippen LogP contribution < -0.4 is 0 Å². The molecule has 0 fully saturated rings. The Morgan fingerprint density at radius 1 is 0.571 bits per heavy atom. The molecule has 0 N–H and O–H groups in total. The smallest absolute Gasteiger partial charge is 0.0722 e. The summed E-state index contributed by atoms with van der Waals surface area (Å²) in [7, 11) is -1.80. The van der Waals surface area contributed by atoms with Crippen molar-refractivity contribution < 1.29 is 0 Å². The van der Waals surface area contributed by atoms with Crippen LogP contribution in [0.25, 0.3) is 0 Å². The van der Waals surface area contributed by atoms with Gasteiger partial charge in [0.05, 0.1) is 10.0 Å². The van der Waals surface area contributed by atoms with Gasteiger partial charge in [-0.15, -0.1) is 10.0 Å². The van der Waals surface area contributed by atoms with Crippen molar-refractivity contribution >= 4 is 33.2 Å². The molecule has 4 aromatic rings. The van der Waals surface area contributed by atoms with Crippen molar-refractivity contribution in [3.63, 3.8) is 0 Å². The molecule has 0 amide bonds. The molecule has 3 heteroatoms. The first-order valence-electron chi connectivity index (χ1n) is 9.08. The van der Waals surface area contributed by atoms with Crippen molar-refractivity contribution in [2.75, 3.05) is 0 Å². The molecule has 4 aromatic carbocycles. The standard InChI is InChI=1S/C25H20Cl2S/c1-19-17-23(26)25(27)24(18-19)28(20-11-5-2-6-12-20,21-13-7-3-8-14-21)22-15-9-4-10-16-22/h2-18H,1H3. The van der Waals surface area contributed by atoms with E-state index in [0.717, 1.165) is 10.5 Å². The van der Waals surface area contributed by atoms with Gasteiger partial charge in [-0.05, 0) is 61.0 Å². The molecule has 28 heavy (non-hydrogen) atoms. The molecule has 0 unspecified atom stereocenters. The predicted molar refractivity (Wildman–Crippen MR) is 121 cm³/mol. The van der Waals surface area contributed by atoms with Gasteiger partial charge < -0.3 is 0 Å². The van der Waals surface area contributed by atoms with E-state index in [1.54, 1.807) is 0 Å². The summed E-state index contributed by atoms with van der Waals surface area (Å²) in [6.45, 7) is 2.07. The summed E-state index contributed by atoms with van der Waals surface area (Å²) in [6.07, 6.45) is 0. The van der Waals surface area contributed by atoms with Gasteiger partial charge in [0.15, 0.2) is 0 Å². The summed E-state index contributed by atoms with van der Waals surface area (Å²) in [5.74, 6) is 0. The Kier molecular flexibility index (Phi) is 5.50. The lowest BCUT2D eigenvalue weighted by atomic mass is 10.2. The van der Waals surface area contributed by atoms with Gasteiger partial charge in [0, 0.05) is 19.6 Å². The highest BCUT2D eigenvalue weighted by atomic mass is 35.5. The lowest BCUT2D eigenvalue weighted by Gasteiger charge is -2.42. The zero-order valence-electron chi connectivity index (χ0n) is 15.5. The fraction of sp³-hybridized carbons (Fsp3) is 0.0400. The minimum Gasteiger partial charge on any atom is -0.131 e. The van der Waals surface area contributed by atoms with E-state index in [9.17, 15) is 0 Å². The Hall–Kier alpha value is -2.19. The van der Waals surface area contributed by atoms with Crippen LogP contribution in [0.2, 0.25) is 10.0 Å². The Balaban J connectivity index is 2.21. The van der Waals surface area contributed by atoms with E-state index in [1.807, 2.05) is 6.07 Å². The quantitative estimate of drug-likeness (QED) is 0.308. The van der Waals surface area contributed by atoms with Crippen molar-refractivity contribution in [1.82, 2.24) is 0 Å². The first kappa shape index (κ1) is 19.1. The predicted octanol–water partition coefficient (Wildman–Crippen LogP) is 8.64. The summed E-state index contributed by atoms with van der Waals surface area (Å²) in [5, 5.41) is 1.22. The molecule has 0 aliphatic carbocycles. The fourth-order valence-electron chi connectivity index (χ4n) is 3.58. The van der Waals surface area contributed by atoms with Gasteiger partial charge in [-0.2, -0.15) is 0 Å². The molecule has 0 aromatic heterocycles. The molecule has 0 heterocycles. The summed E-state index contributed by atoms with van der Waals surface area (Å²) < 4.78 is 0. The van der Waals surface area contributed by atoms with E-state index in [1.165, 1.54) is 14.7 Å². The molecule has 0 aliphatic rings. The summed E-state index contributed by atoms with van der Waals surface area (Å²) in [5.41, 5.74) is 1.10. The SMILES string of the molecule is Cc1cc(Cl)c(Cl)c(S(c2ccccc2)(c2ccccc2)c2ccccc2)c1. The number of benzene rings is 4. The third-order valence-electron chi connectivity index (χ3n) is 4.76. The number of hydrogen-bond donors (Lipinski definition) is 0. The molecule has 0 radical (unpaired) electrons. The first-order chi connectivity index (χ1) is 13.6. The molecule has 0 saturated carbocycles. The van der Waals surface area contributed by atoms with E-state index in [2.05, 4.69) is 104 Å². The second kappa shape index (κ2) is 8.05. The van der Waals surface area contributed by atoms with E-state index in [-0.39, 0.29) is 0 Å². The minimum absolute atomic E-state index is 0.594. The van der Waals surface area contributed by atoms with Crippen molar-refractivity contribution in [2.24, 2.45) is 0 Å². The maximum atomic E-state index is 6.89. The highest BCUT2D eigenvalue weighted by molar-refractivity contribution is 8.34. The van der Waals surface area contributed by atoms with E-state index in [4.69, 9.17) is 23.2 Å². The van der Waals surface area contributed by atoms with Gasteiger partial charge in [0.1, 0.15) is 0 Å². The molecule has 0 saturated heterocycles. The lowest BCUT2D eigenvalue weighted by molar-refractivity contribution is 1.23. The fourth-order valence-corrected chi connectivity index (χ4v) is 8.38. The molecular formula is C25H20Cl2S. The van der Waals surface area contributed by atoms with Crippen molar-refractivity contribution in [3.8, 4) is 0 Å². The zero-order valence-corrected chi connectivity index (χ0v) is 17.8. The summed E-state index contributed by atoms with van der Waals surface area (Å²) >= 11 is 13.5. The number of aryl methyl sites for hydroxylation is 1. The summed E-state index contributed by atoms with van der Waals surface area (Å²) in [4.78, 5) is 4.77. The molecule has 0 nitrogen and oxygen atoms in total. The number of rotatable bonds is 4. The Labute approximate surface area is 178 Å². The Bertz CT molecular complexity index is 981. The maximum absolute atomic E-state index is 6.89. The van der Waals surface area contributed by atoms with Gasteiger partial charge in [0.25, 0.3) is 0 Å². The Morgan fingerprint density at radius 3 is 1.36 bits per heavy atom. The van der Waals surface area contributed by atoms with E-state index >= 15 is 0 Å². The van der Waals surface area contributed by atoms with Gasteiger partial charge in [-0.1, -0.05) is 77.8 Å². The first-order valence-corrected chi connectivity index (χ1v) is 11.5. The third-order valence-corrected chi connectivity index (χ3v) is 9.59. The average Bonchev–Trinajstić information content (AvgIpc) is 2.74. The minimum atomic E-state index is -1.80. The third kappa shape index (κ3) is 3.24. The van der Waals surface area contributed by atoms with Crippen LogP contribution in [-0.4, -0.2) is 0 Å². The molecule has 0 aliphatic heterocycles. The zero-order chi connectivity index (χ0) is 19.6. The largest absolute Gasteiger partial charge is 0.131 e. The normalized spacial score (nSPS) is 12.0. The van der Waals surface area contributed by atoms with Crippen molar-refractivity contribution in [2.45, 2.75) is 26.5 Å². The van der Waals surface area contributed by atoms with E-state index < -0.39 is 10.0 Å². The highest BCUT2D eigenvalue weighted by Crippen LogP contribution is 2.75. The van der Waals surface area contributed by atoms with Crippen LogP contribution in [0, 0.1) is 6.92 Å². The molecular weight excluding hydrogens is 403 g/mol. The van der Waals surface area contributed by atoms with Crippen molar-refractivity contribution in [3.05, 3.63) is 119 Å². The van der Waals surface area contributed by atoms with Crippen LogP contribution in [0.15, 0.2) is 123 Å². The highest BCUT2D eigenvalue weighted by Gasteiger charge is 2.35. The average molecular weight is 423 g/mol. The molecule has 0 spiro atoms. The van der Waals surface area contributed by atoms with Crippen LogP contribution >= 0.6 is 33.2 Å². The lowest BCUT2D eigenvalue weighted by Crippen LogP contribution is -2.06. The summed E-state index contributed by atoms with van der Waals surface area (Å²) in [6, 6.07) is 36.0. The monoisotopic (exact) mass is 422 g/mol. The van der Waals surface area contributed by atoms with Gasteiger partial charge in [-0.3, -0.25) is 0 Å². The topological polar surface area (TPSA) is 0 Å². The van der Waals surface area contributed by atoms with E-state index in [0.29, 0.717) is 10.0 Å². The Morgan fingerprint density at radius 2 is 0.964 bits per heavy atom. The van der Waals surface area contributed by atoms with Crippen LogP contribution in [0.4, 0.5) is 0 Å². The molecule has 140 valence electrons. The number of hydrogen-bond acceptors (Lipinski definition) is 0. The number of halogens is 2. The van der Waals surface area contributed by atoms with Crippen LogP contribution in [0.1, 0.15) is 5.56 Å². The second-order valence-electron chi connectivity index (χ2n) is 6.61. The van der Waals surface area contributed by atoms with Gasteiger partial charge in [0.2, 0.25) is 0 Å². The molecule has 4 rings (SSSR count). The van der Waals surface area contributed by atoms with Crippen LogP contribution in [0.3, 0.4) is 0 Å². The molecule has 0 bridgehead atoms. The van der Waals surface area contributed by atoms with Crippen LogP contribution in [-0.2, 0) is 0 Å². The molecule has 0 atom stereocenters. The van der Waals surface area contributed by atoms with Gasteiger partial charge >= 0.3 is 0 Å². The maximum Gasteiger partial charge on any atom is 0.0722 e.